The first-order valence-corrected chi connectivity index (χ1v) is 8.37. The van der Waals surface area contributed by atoms with Gasteiger partial charge in [0.25, 0.3) is 0 Å². The minimum atomic E-state index is -0.722. The summed E-state index contributed by atoms with van der Waals surface area (Å²) in [7, 11) is 0. The van der Waals surface area contributed by atoms with Crippen molar-refractivity contribution >= 4 is 5.97 Å². The molecule has 4 rings (SSSR count). The van der Waals surface area contributed by atoms with Crippen molar-refractivity contribution in [1.29, 1.82) is 0 Å². The zero-order valence-electron chi connectivity index (χ0n) is 13.0. The Kier molecular flexibility index (Phi) is 3.66. The summed E-state index contributed by atoms with van der Waals surface area (Å²) in [4.78, 5) is 11.5. The van der Waals surface area contributed by atoms with Gasteiger partial charge in [-0.3, -0.25) is 4.79 Å². The van der Waals surface area contributed by atoms with E-state index < -0.39 is 5.97 Å². The Balaban J connectivity index is 1.53. The zero-order chi connectivity index (χ0) is 15.8. The molecular formula is C20H21NO2. The first kappa shape index (κ1) is 14.5. The lowest BCUT2D eigenvalue weighted by atomic mass is 10.0. The maximum Gasteiger partial charge on any atom is 0.311 e. The van der Waals surface area contributed by atoms with Crippen molar-refractivity contribution in [1.82, 2.24) is 5.32 Å². The first-order chi connectivity index (χ1) is 11.2. The highest BCUT2D eigenvalue weighted by Gasteiger charge is 2.35. The smallest absolute Gasteiger partial charge is 0.311 e. The molecule has 2 aliphatic rings. The predicted molar refractivity (Wildman–Crippen MR) is 89.4 cm³/mol. The number of carbonyl (C=O) groups is 1. The molecular weight excluding hydrogens is 286 g/mol. The number of carboxylic acids is 1. The third-order valence-corrected chi connectivity index (χ3v) is 5.13. The molecule has 1 saturated carbocycles. The maximum atomic E-state index is 11.5. The summed E-state index contributed by atoms with van der Waals surface area (Å²) >= 11 is 0. The summed E-state index contributed by atoms with van der Waals surface area (Å²) in [6.07, 6.45) is 3.23. The Hall–Kier alpha value is -2.13. The van der Waals surface area contributed by atoms with Gasteiger partial charge in [-0.2, -0.15) is 0 Å². The number of carboxylic acid groups (broad SMARTS) is 1. The van der Waals surface area contributed by atoms with Crippen LogP contribution in [0.5, 0.6) is 0 Å². The number of rotatable bonds is 5. The summed E-state index contributed by atoms with van der Waals surface area (Å²) in [5.41, 5.74) is 4.92. The largest absolute Gasteiger partial charge is 0.481 e. The van der Waals surface area contributed by atoms with Crippen LogP contribution in [0.1, 0.15) is 59.4 Å². The van der Waals surface area contributed by atoms with Crippen LogP contribution in [-0.2, 0) is 11.3 Å². The van der Waals surface area contributed by atoms with Gasteiger partial charge in [-0.25, -0.2) is 0 Å². The lowest BCUT2D eigenvalue weighted by molar-refractivity contribution is -0.138. The highest BCUT2D eigenvalue weighted by Crippen LogP contribution is 2.43. The molecule has 0 unspecified atom stereocenters. The van der Waals surface area contributed by atoms with Crippen LogP contribution in [0.25, 0.3) is 0 Å². The Bertz CT molecular complexity index is 736. The molecule has 0 bridgehead atoms. The topological polar surface area (TPSA) is 49.3 Å². The Morgan fingerprint density at radius 2 is 1.65 bits per heavy atom. The van der Waals surface area contributed by atoms with Crippen LogP contribution in [-0.4, -0.2) is 11.1 Å². The predicted octanol–water partition coefficient (Wildman–Crippen LogP) is 3.97. The van der Waals surface area contributed by atoms with E-state index in [0.717, 1.165) is 23.6 Å². The fraction of sp³-hybridized carbons (Fsp3) is 0.350. The Morgan fingerprint density at radius 3 is 2.35 bits per heavy atom. The van der Waals surface area contributed by atoms with Crippen molar-refractivity contribution in [3.05, 3.63) is 70.8 Å². The molecule has 2 aromatic rings. The summed E-state index contributed by atoms with van der Waals surface area (Å²) in [6.45, 7) is 0.804. The van der Waals surface area contributed by atoms with Crippen LogP contribution >= 0.6 is 0 Å². The molecule has 2 atom stereocenters. The van der Waals surface area contributed by atoms with Gasteiger partial charge in [-0.05, 0) is 47.4 Å². The van der Waals surface area contributed by atoms with Gasteiger partial charge in [-0.1, -0.05) is 48.5 Å². The van der Waals surface area contributed by atoms with Crippen molar-refractivity contribution in [2.75, 3.05) is 0 Å². The van der Waals surface area contributed by atoms with Gasteiger partial charge in [0.2, 0.25) is 0 Å². The van der Waals surface area contributed by atoms with E-state index >= 15 is 0 Å². The van der Waals surface area contributed by atoms with Crippen molar-refractivity contribution in [2.24, 2.45) is 0 Å². The third-order valence-electron chi connectivity index (χ3n) is 5.13. The van der Waals surface area contributed by atoms with E-state index in [1.165, 1.54) is 24.0 Å². The molecule has 2 aromatic carbocycles. The number of fused-ring (bicyclic) bond motifs is 1. The van der Waals surface area contributed by atoms with E-state index in [-0.39, 0.29) is 12.0 Å². The van der Waals surface area contributed by atoms with Gasteiger partial charge >= 0.3 is 5.97 Å². The van der Waals surface area contributed by atoms with Crippen LogP contribution in [0, 0.1) is 0 Å². The fourth-order valence-electron chi connectivity index (χ4n) is 3.78. The molecule has 23 heavy (non-hydrogen) atoms. The summed E-state index contributed by atoms with van der Waals surface area (Å²) in [5.74, 6) is -0.377. The lowest BCUT2D eigenvalue weighted by Gasteiger charge is -2.16. The second-order valence-corrected chi connectivity index (χ2v) is 6.66. The van der Waals surface area contributed by atoms with Crippen LogP contribution in [0.2, 0.25) is 0 Å². The molecule has 0 heterocycles. The van der Waals surface area contributed by atoms with Crippen molar-refractivity contribution in [3.8, 4) is 0 Å². The molecule has 2 N–H and O–H groups in total. The molecule has 0 aliphatic heterocycles. The van der Waals surface area contributed by atoms with Gasteiger partial charge < -0.3 is 10.4 Å². The van der Waals surface area contributed by atoms with Crippen LogP contribution in [0.4, 0.5) is 0 Å². The highest BCUT2D eigenvalue weighted by atomic mass is 16.4. The zero-order valence-corrected chi connectivity index (χ0v) is 13.0. The first-order valence-electron chi connectivity index (χ1n) is 8.37. The summed E-state index contributed by atoms with van der Waals surface area (Å²) < 4.78 is 0. The van der Waals surface area contributed by atoms with Gasteiger partial charge in [0.15, 0.2) is 0 Å². The summed E-state index contributed by atoms with van der Waals surface area (Å²) in [6, 6.07) is 16.7. The van der Waals surface area contributed by atoms with Crippen LogP contribution < -0.4 is 5.32 Å². The quantitative estimate of drug-likeness (QED) is 0.879. The second-order valence-electron chi connectivity index (χ2n) is 6.66. The number of hydrogen-bond acceptors (Lipinski definition) is 2. The molecule has 0 saturated heterocycles. The van der Waals surface area contributed by atoms with E-state index in [1.54, 1.807) is 0 Å². The van der Waals surface area contributed by atoms with Gasteiger partial charge in [-0.15, -0.1) is 0 Å². The Labute approximate surface area is 136 Å². The van der Waals surface area contributed by atoms with Gasteiger partial charge in [0, 0.05) is 12.6 Å². The molecule has 3 nitrogen and oxygen atoms in total. The van der Waals surface area contributed by atoms with Gasteiger partial charge in [0.05, 0.1) is 5.92 Å². The molecule has 3 heteroatoms. The van der Waals surface area contributed by atoms with Crippen molar-refractivity contribution in [3.63, 3.8) is 0 Å². The molecule has 118 valence electrons. The van der Waals surface area contributed by atoms with E-state index in [1.807, 2.05) is 18.2 Å². The van der Waals surface area contributed by atoms with Gasteiger partial charge in [0.1, 0.15) is 0 Å². The lowest BCUT2D eigenvalue weighted by Crippen LogP contribution is -2.20. The molecule has 1 fully saturated rings. The molecule has 0 aromatic heterocycles. The van der Waals surface area contributed by atoms with E-state index in [0.29, 0.717) is 6.42 Å². The molecule has 2 aliphatic carbocycles. The van der Waals surface area contributed by atoms with E-state index in [2.05, 4.69) is 35.6 Å². The Morgan fingerprint density at radius 1 is 1.00 bits per heavy atom. The monoisotopic (exact) mass is 307 g/mol. The highest BCUT2D eigenvalue weighted by molar-refractivity contribution is 5.78. The number of hydrogen-bond donors (Lipinski definition) is 2. The molecule has 0 spiro atoms. The number of nitrogens with one attached hydrogen (secondary N) is 1. The second kappa shape index (κ2) is 5.82. The minimum Gasteiger partial charge on any atom is -0.481 e. The molecule has 0 radical (unpaired) electrons. The van der Waals surface area contributed by atoms with Crippen molar-refractivity contribution in [2.45, 2.75) is 43.7 Å². The molecule has 0 amide bonds. The minimum absolute atomic E-state index is 0.125. The number of aliphatic carboxylic acids is 1. The average Bonchev–Trinajstić information content (AvgIpc) is 3.34. The third kappa shape index (κ3) is 2.77. The average molecular weight is 307 g/mol. The summed E-state index contributed by atoms with van der Waals surface area (Å²) in [5, 5.41) is 13.1. The van der Waals surface area contributed by atoms with Crippen LogP contribution in [0.3, 0.4) is 0 Å². The van der Waals surface area contributed by atoms with Crippen LogP contribution in [0.15, 0.2) is 48.5 Å². The SMILES string of the molecule is O=C(O)[C@@H]1C[C@H](NCc2ccccc2C2CC2)c2ccccc21. The van der Waals surface area contributed by atoms with Crippen molar-refractivity contribution < 1.29 is 9.90 Å². The maximum absolute atomic E-state index is 11.5. The normalized spacial score (nSPS) is 22.8. The standard InChI is InChI=1S/C20H21NO2/c22-20(23)18-11-19(17-8-4-3-7-16(17)18)21-12-14-5-1-2-6-15(14)13-9-10-13/h1-8,13,18-19,21H,9-12H2,(H,22,23)/t18-,19+/m1/s1. The van der Waals surface area contributed by atoms with E-state index in [4.69, 9.17) is 0 Å². The van der Waals surface area contributed by atoms with E-state index in [9.17, 15) is 9.90 Å². The fourth-order valence-corrected chi connectivity index (χ4v) is 3.78. The number of benzene rings is 2.